The monoisotopic (exact) mass is 284 g/mol. The molecule has 1 aliphatic heterocycles. The van der Waals surface area contributed by atoms with Crippen molar-refractivity contribution >= 4 is 5.91 Å². The Balaban J connectivity index is 1.80. The highest BCUT2D eigenvalue weighted by Gasteiger charge is 2.33. The number of benzene rings is 1. The number of carbonyl (C=O) groups is 1. The Morgan fingerprint density at radius 3 is 2.81 bits per heavy atom. The van der Waals surface area contributed by atoms with E-state index < -0.39 is 6.04 Å². The van der Waals surface area contributed by atoms with Crippen LogP contribution in [-0.4, -0.2) is 27.1 Å². The SMILES string of the molecule is Cn1cc(C(N)C(=O)N2CCCC2c2ccccc2)cn1. The molecule has 2 unspecified atom stereocenters. The van der Waals surface area contributed by atoms with Crippen LogP contribution in [0.1, 0.15) is 36.1 Å². The third-order valence-corrected chi connectivity index (χ3v) is 4.07. The van der Waals surface area contributed by atoms with Crippen molar-refractivity contribution in [2.75, 3.05) is 6.54 Å². The Bertz CT molecular complexity index is 622. The van der Waals surface area contributed by atoms with Gasteiger partial charge in [-0.3, -0.25) is 9.48 Å². The number of rotatable bonds is 3. The number of hydrogen-bond acceptors (Lipinski definition) is 3. The molecule has 21 heavy (non-hydrogen) atoms. The van der Waals surface area contributed by atoms with Crippen molar-refractivity contribution in [3.05, 3.63) is 53.9 Å². The van der Waals surface area contributed by atoms with E-state index in [-0.39, 0.29) is 11.9 Å². The Labute approximate surface area is 124 Å². The molecule has 2 aromatic rings. The second-order valence-corrected chi connectivity index (χ2v) is 5.53. The van der Waals surface area contributed by atoms with Gasteiger partial charge in [-0.2, -0.15) is 5.10 Å². The van der Waals surface area contributed by atoms with Crippen LogP contribution in [0.25, 0.3) is 0 Å². The quantitative estimate of drug-likeness (QED) is 0.934. The summed E-state index contributed by atoms with van der Waals surface area (Å²) in [4.78, 5) is 14.6. The van der Waals surface area contributed by atoms with Gasteiger partial charge in [0.2, 0.25) is 5.91 Å². The Hall–Kier alpha value is -2.14. The zero-order valence-electron chi connectivity index (χ0n) is 12.1. The maximum Gasteiger partial charge on any atom is 0.244 e. The highest BCUT2D eigenvalue weighted by atomic mass is 16.2. The molecule has 1 saturated heterocycles. The summed E-state index contributed by atoms with van der Waals surface area (Å²) in [7, 11) is 1.82. The average Bonchev–Trinajstić information content (AvgIpc) is 3.15. The van der Waals surface area contributed by atoms with Crippen molar-refractivity contribution in [2.45, 2.75) is 24.9 Å². The molecular weight excluding hydrogens is 264 g/mol. The van der Waals surface area contributed by atoms with Crippen LogP contribution in [0.4, 0.5) is 0 Å². The molecule has 5 nitrogen and oxygen atoms in total. The number of likely N-dealkylation sites (tertiary alicyclic amines) is 1. The summed E-state index contributed by atoms with van der Waals surface area (Å²) >= 11 is 0. The minimum absolute atomic E-state index is 0.0191. The van der Waals surface area contributed by atoms with E-state index in [1.165, 1.54) is 5.56 Å². The number of nitrogens with zero attached hydrogens (tertiary/aromatic N) is 3. The predicted octanol–water partition coefficient (Wildman–Crippen LogP) is 1.78. The van der Waals surface area contributed by atoms with E-state index >= 15 is 0 Å². The molecular formula is C16H20N4O. The first-order valence-corrected chi connectivity index (χ1v) is 7.26. The normalized spacial score (nSPS) is 19.7. The fourth-order valence-electron chi connectivity index (χ4n) is 2.97. The molecule has 2 heterocycles. The molecule has 2 N–H and O–H groups in total. The van der Waals surface area contributed by atoms with Crippen LogP contribution < -0.4 is 5.73 Å². The lowest BCUT2D eigenvalue weighted by Gasteiger charge is -2.27. The highest BCUT2D eigenvalue weighted by molar-refractivity contribution is 5.83. The molecule has 1 aliphatic rings. The first-order chi connectivity index (χ1) is 10.2. The van der Waals surface area contributed by atoms with Crippen molar-refractivity contribution in [1.29, 1.82) is 0 Å². The number of nitrogens with two attached hydrogens (primary N) is 1. The molecule has 0 spiro atoms. The molecule has 3 rings (SSSR count). The predicted molar refractivity (Wildman–Crippen MR) is 80.3 cm³/mol. The van der Waals surface area contributed by atoms with E-state index in [4.69, 9.17) is 5.73 Å². The second kappa shape index (κ2) is 5.69. The van der Waals surface area contributed by atoms with Gasteiger partial charge < -0.3 is 10.6 Å². The van der Waals surface area contributed by atoms with Gasteiger partial charge in [-0.25, -0.2) is 0 Å². The summed E-state index contributed by atoms with van der Waals surface area (Å²) in [6.45, 7) is 0.770. The van der Waals surface area contributed by atoms with Crippen LogP contribution in [0.2, 0.25) is 0 Å². The van der Waals surface area contributed by atoms with Crippen LogP contribution in [0.3, 0.4) is 0 Å². The van der Waals surface area contributed by atoms with Crippen molar-refractivity contribution in [3.8, 4) is 0 Å². The topological polar surface area (TPSA) is 64.2 Å². The smallest absolute Gasteiger partial charge is 0.244 e. The van der Waals surface area contributed by atoms with Gasteiger partial charge in [0.05, 0.1) is 12.2 Å². The van der Waals surface area contributed by atoms with Gasteiger partial charge in [-0.05, 0) is 18.4 Å². The molecule has 0 bridgehead atoms. The first kappa shape index (κ1) is 13.8. The van der Waals surface area contributed by atoms with Crippen LogP contribution in [0, 0.1) is 0 Å². The third kappa shape index (κ3) is 2.69. The van der Waals surface area contributed by atoms with E-state index in [9.17, 15) is 4.79 Å². The minimum Gasteiger partial charge on any atom is -0.334 e. The van der Waals surface area contributed by atoms with Gasteiger partial charge in [-0.15, -0.1) is 0 Å². The minimum atomic E-state index is -0.636. The first-order valence-electron chi connectivity index (χ1n) is 7.26. The van der Waals surface area contributed by atoms with Crippen molar-refractivity contribution in [3.63, 3.8) is 0 Å². The van der Waals surface area contributed by atoms with E-state index in [1.807, 2.05) is 30.1 Å². The summed E-state index contributed by atoms with van der Waals surface area (Å²) in [5.41, 5.74) is 8.07. The molecule has 5 heteroatoms. The van der Waals surface area contributed by atoms with E-state index in [0.717, 1.165) is 24.9 Å². The number of carbonyl (C=O) groups excluding carboxylic acids is 1. The fourth-order valence-corrected chi connectivity index (χ4v) is 2.97. The van der Waals surface area contributed by atoms with Gasteiger partial charge in [0, 0.05) is 25.4 Å². The zero-order valence-corrected chi connectivity index (χ0v) is 12.1. The van der Waals surface area contributed by atoms with Crippen LogP contribution in [0.5, 0.6) is 0 Å². The van der Waals surface area contributed by atoms with Gasteiger partial charge in [0.15, 0.2) is 0 Å². The van der Waals surface area contributed by atoms with Crippen LogP contribution in [-0.2, 0) is 11.8 Å². The largest absolute Gasteiger partial charge is 0.334 e. The fraction of sp³-hybridized carbons (Fsp3) is 0.375. The molecule has 1 aromatic carbocycles. The van der Waals surface area contributed by atoms with E-state index in [2.05, 4.69) is 17.2 Å². The van der Waals surface area contributed by atoms with Crippen molar-refractivity contribution < 1.29 is 4.79 Å². The van der Waals surface area contributed by atoms with Crippen LogP contribution in [0.15, 0.2) is 42.7 Å². The lowest BCUT2D eigenvalue weighted by Crippen LogP contribution is -2.38. The molecule has 110 valence electrons. The lowest BCUT2D eigenvalue weighted by molar-refractivity contribution is -0.133. The Morgan fingerprint density at radius 1 is 1.38 bits per heavy atom. The molecule has 0 radical (unpaired) electrons. The van der Waals surface area contributed by atoms with Gasteiger partial charge in [0.25, 0.3) is 0 Å². The summed E-state index contributed by atoms with van der Waals surface area (Å²) in [5.74, 6) is -0.0191. The van der Waals surface area contributed by atoms with Gasteiger partial charge >= 0.3 is 0 Å². The molecule has 0 saturated carbocycles. The van der Waals surface area contributed by atoms with Crippen LogP contribution >= 0.6 is 0 Å². The van der Waals surface area contributed by atoms with E-state index in [1.54, 1.807) is 17.1 Å². The summed E-state index contributed by atoms with van der Waals surface area (Å²) in [6.07, 6.45) is 5.48. The maximum absolute atomic E-state index is 12.7. The maximum atomic E-state index is 12.7. The second-order valence-electron chi connectivity index (χ2n) is 5.53. The number of aromatic nitrogens is 2. The number of amides is 1. The Kier molecular flexibility index (Phi) is 3.75. The number of aryl methyl sites for hydroxylation is 1. The number of hydrogen-bond donors (Lipinski definition) is 1. The van der Waals surface area contributed by atoms with E-state index in [0.29, 0.717) is 0 Å². The lowest BCUT2D eigenvalue weighted by atomic mass is 10.0. The standard InChI is InChI=1S/C16H20N4O/c1-19-11-13(10-18-19)15(17)16(21)20-9-5-8-14(20)12-6-3-2-4-7-12/h2-4,6-7,10-11,14-15H,5,8-9,17H2,1H3. The molecule has 1 fully saturated rings. The summed E-state index contributed by atoms with van der Waals surface area (Å²) < 4.78 is 1.67. The zero-order chi connectivity index (χ0) is 14.8. The summed E-state index contributed by atoms with van der Waals surface area (Å²) in [5, 5.41) is 4.09. The Morgan fingerprint density at radius 2 is 2.14 bits per heavy atom. The van der Waals surface area contributed by atoms with Gasteiger partial charge in [-0.1, -0.05) is 30.3 Å². The molecule has 2 atom stereocenters. The molecule has 1 amide bonds. The highest BCUT2D eigenvalue weighted by Crippen LogP contribution is 2.33. The third-order valence-electron chi connectivity index (χ3n) is 4.07. The van der Waals surface area contributed by atoms with Crippen molar-refractivity contribution in [2.24, 2.45) is 12.8 Å². The van der Waals surface area contributed by atoms with Gasteiger partial charge in [0.1, 0.15) is 6.04 Å². The van der Waals surface area contributed by atoms with Crippen molar-refractivity contribution in [1.82, 2.24) is 14.7 Å². The average molecular weight is 284 g/mol. The molecule has 0 aliphatic carbocycles. The summed E-state index contributed by atoms with van der Waals surface area (Å²) in [6, 6.07) is 9.67. The molecule has 1 aromatic heterocycles.